The van der Waals surface area contributed by atoms with Crippen molar-refractivity contribution in [2.45, 2.75) is 25.8 Å². The van der Waals surface area contributed by atoms with Gasteiger partial charge in [-0.05, 0) is 41.6 Å². The fraction of sp³-hybridized carbons (Fsp3) is 0.278. The average molecular weight is 372 g/mol. The van der Waals surface area contributed by atoms with Gasteiger partial charge in [-0.25, -0.2) is 4.39 Å². The van der Waals surface area contributed by atoms with Crippen LogP contribution < -0.4 is 10.6 Å². The van der Waals surface area contributed by atoms with Crippen LogP contribution in [0.1, 0.15) is 23.4 Å². The molecule has 4 rings (SSSR count). The van der Waals surface area contributed by atoms with Crippen LogP contribution in [0.3, 0.4) is 0 Å². The maximum absolute atomic E-state index is 14.6. The van der Waals surface area contributed by atoms with Crippen molar-refractivity contribution in [1.82, 2.24) is 15.5 Å². The van der Waals surface area contributed by atoms with Crippen LogP contribution in [-0.4, -0.2) is 22.6 Å². The minimum absolute atomic E-state index is 0.143. The van der Waals surface area contributed by atoms with Crippen molar-refractivity contribution in [3.8, 4) is 10.7 Å². The maximum Gasteiger partial charge on any atom is 0.227 e. The Labute approximate surface area is 153 Å². The van der Waals surface area contributed by atoms with Gasteiger partial charge in [0.2, 0.25) is 17.6 Å². The normalized spacial score (nSPS) is 13.4. The third kappa shape index (κ3) is 3.51. The standard InChI is InChI=1S/C18H17FN4O2S/c19-17-12-7-8-20-10-11(12)3-4-13(17)21-15(24)5-6-16-22-18(23-25-16)14-2-1-9-26-14/h1-4,9,20H,5-8,10H2,(H,21,24). The highest BCUT2D eigenvalue weighted by atomic mass is 32.1. The van der Waals surface area contributed by atoms with Crippen molar-refractivity contribution in [2.24, 2.45) is 0 Å². The lowest BCUT2D eigenvalue weighted by Crippen LogP contribution is -2.25. The van der Waals surface area contributed by atoms with E-state index < -0.39 is 0 Å². The number of carbonyl (C=O) groups is 1. The van der Waals surface area contributed by atoms with E-state index in [-0.39, 0.29) is 23.8 Å². The van der Waals surface area contributed by atoms with E-state index in [1.807, 2.05) is 23.6 Å². The van der Waals surface area contributed by atoms with Gasteiger partial charge in [0.15, 0.2) is 0 Å². The van der Waals surface area contributed by atoms with Crippen molar-refractivity contribution in [2.75, 3.05) is 11.9 Å². The lowest BCUT2D eigenvalue weighted by molar-refractivity contribution is -0.116. The Kier molecular flexibility index (Phi) is 4.77. The molecule has 0 spiro atoms. The number of anilines is 1. The highest BCUT2D eigenvalue weighted by molar-refractivity contribution is 7.13. The minimum Gasteiger partial charge on any atom is -0.339 e. The topological polar surface area (TPSA) is 80.0 Å². The van der Waals surface area contributed by atoms with Crippen LogP contribution >= 0.6 is 11.3 Å². The van der Waals surface area contributed by atoms with Crippen LogP contribution in [0.2, 0.25) is 0 Å². The zero-order valence-corrected chi connectivity index (χ0v) is 14.7. The van der Waals surface area contributed by atoms with Crippen molar-refractivity contribution in [1.29, 1.82) is 0 Å². The van der Waals surface area contributed by atoms with E-state index >= 15 is 0 Å². The quantitative estimate of drug-likeness (QED) is 0.719. The number of amides is 1. The van der Waals surface area contributed by atoms with Gasteiger partial charge >= 0.3 is 0 Å². The summed E-state index contributed by atoms with van der Waals surface area (Å²) in [6.45, 7) is 1.40. The fourth-order valence-electron chi connectivity index (χ4n) is 2.93. The highest BCUT2D eigenvalue weighted by Crippen LogP contribution is 2.25. The fourth-order valence-corrected chi connectivity index (χ4v) is 3.57. The zero-order valence-electron chi connectivity index (χ0n) is 13.9. The van der Waals surface area contributed by atoms with Crippen molar-refractivity contribution in [3.63, 3.8) is 0 Å². The lowest BCUT2D eigenvalue weighted by Gasteiger charge is -2.19. The molecule has 0 unspecified atom stereocenters. The zero-order chi connectivity index (χ0) is 17.9. The van der Waals surface area contributed by atoms with E-state index in [2.05, 4.69) is 20.8 Å². The Bertz CT molecular complexity index is 923. The number of halogens is 1. The Morgan fingerprint density at radius 3 is 3.15 bits per heavy atom. The van der Waals surface area contributed by atoms with Gasteiger partial charge in [-0.3, -0.25) is 4.79 Å². The van der Waals surface area contributed by atoms with Gasteiger partial charge in [0.05, 0.1) is 10.6 Å². The first-order valence-corrected chi connectivity index (χ1v) is 9.26. The largest absolute Gasteiger partial charge is 0.339 e. The van der Waals surface area contributed by atoms with Gasteiger partial charge < -0.3 is 15.2 Å². The summed E-state index contributed by atoms with van der Waals surface area (Å²) in [5, 5.41) is 11.7. The number of benzene rings is 1. The summed E-state index contributed by atoms with van der Waals surface area (Å²) in [6.07, 6.45) is 1.07. The van der Waals surface area contributed by atoms with Gasteiger partial charge in [-0.15, -0.1) is 11.3 Å². The number of nitrogens with one attached hydrogen (secondary N) is 2. The molecule has 26 heavy (non-hydrogen) atoms. The molecule has 0 fully saturated rings. The summed E-state index contributed by atoms with van der Waals surface area (Å²) in [5.74, 6) is 0.286. The number of thiophene rings is 1. The number of aryl methyl sites for hydroxylation is 1. The summed E-state index contributed by atoms with van der Waals surface area (Å²) in [7, 11) is 0. The van der Waals surface area contributed by atoms with E-state index in [1.54, 1.807) is 6.07 Å². The number of nitrogens with zero attached hydrogens (tertiary/aromatic N) is 2. The Morgan fingerprint density at radius 1 is 1.38 bits per heavy atom. The number of fused-ring (bicyclic) bond motifs is 1. The number of rotatable bonds is 5. The molecule has 1 aromatic carbocycles. The molecular weight excluding hydrogens is 355 g/mol. The van der Waals surface area contributed by atoms with Crippen LogP contribution in [-0.2, 0) is 24.2 Å². The summed E-state index contributed by atoms with van der Waals surface area (Å²) in [5.41, 5.74) is 1.85. The van der Waals surface area contributed by atoms with Crippen LogP contribution in [0.4, 0.5) is 10.1 Å². The van der Waals surface area contributed by atoms with Crippen LogP contribution in [0.25, 0.3) is 10.7 Å². The molecule has 3 aromatic rings. The number of hydrogen-bond acceptors (Lipinski definition) is 6. The van der Waals surface area contributed by atoms with Crippen LogP contribution in [0, 0.1) is 5.82 Å². The van der Waals surface area contributed by atoms with Crippen LogP contribution in [0.5, 0.6) is 0 Å². The number of aromatic nitrogens is 2. The van der Waals surface area contributed by atoms with Gasteiger partial charge in [-0.1, -0.05) is 17.3 Å². The molecular formula is C18H17FN4O2S. The predicted octanol–water partition coefficient (Wildman–Crippen LogP) is 3.15. The molecule has 0 bridgehead atoms. The molecule has 2 aromatic heterocycles. The second kappa shape index (κ2) is 7.35. The number of hydrogen-bond donors (Lipinski definition) is 2. The van der Waals surface area contributed by atoms with E-state index in [4.69, 9.17) is 4.52 Å². The Morgan fingerprint density at radius 2 is 2.31 bits per heavy atom. The first-order chi connectivity index (χ1) is 12.7. The smallest absolute Gasteiger partial charge is 0.227 e. The highest BCUT2D eigenvalue weighted by Gasteiger charge is 2.18. The molecule has 8 heteroatoms. The second-order valence-corrected chi connectivity index (χ2v) is 6.98. The van der Waals surface area contributed by atoms with Gasteiger partial charge in [0.25, 0.3) is 0 Å². The summed E-state index contributed by atoms with van der Waals surface area (Å²) < 4.78 is 19.7. The van der Waals surface area contributed by atoms with Crippen molar-refractivity contribution >= 4 is 22.9 Å². The summed E-state index contributed by atoms with van der Waals surface area (Å²) >= 11 is 1.52. The third-order valence-electron chi connectivity index (χ3n) is 4.26. The third-order valence-corrected chi connectivity index (χ3v) is 5.12. The molecule has 0 saturated heterocycles. The molecule has 1 amide bonds. The van der Waals surface area contributed by atoms with Crippen LogP contribution in [0.15, 0.2) is 34.2 Å². The van der Waals surface area contributed by atoms with E-state index in [9.17, 15) is 9.18 Å². The summed E-state index contributed by atoms with van der Waals surface area (Å²) in [6, 6.07) is 7.28. The Balaban J connectivity index is 1.37. The first-order valence-electron chi connectivity index (χ1n) is 8.38. The van der Waals surface area contributed by atoms with E-state index in [0.29, 0.717) is 36.7 Å². The molecule has 6 nitrogen and oxygen atoms in total. The van der Waals surface area contributed by atoms with Gasteiger partial charge in [-0.2, -0.15) is 4.98 Å². The van der Waals surface area contributed by atoms with Gasteiger partial charge in [0.1, 0.15) is 5.82 Å². The molecule has 1 aliphatic heterocycles. The lowest BCUT2D eigenvalue weighted by atomic mass is 9.99. The maximum atomic E-state index is 14.6. The van der Waals surface area contributed by atoms with E-state index in [1.165, 1.54) is 11.3 Å². The minimum atomic E-state index is -0.338. The molecule has 0 saturated carbocycles. The van der Waals surface area contributed by atoms with E-state index in [0.717, 1.165) is 17.0 Å². The molecule has 134 valence electrons. The predicted molar refractivity (Wildman–Crippen MR) is 96.4 cm³/mol. The average Bonchev–Trinajstić information content (AvgIpc) is 3.34. The van der Waals surface area contributed by atoms with Crippen molar-refractivity contribution < 1.29 is 13.7 Å². The van der Waals surface area contributed by atoms with Crippen molar-refractivity contribution in [3.05, 3.63) is 52.5 Å². The summed E-state index contributed by atoms with van der Waals surface area (Å²) in [4.78, 5) is 17.4. The van der Waals surface area contributed by atoms with Gasteiger partial charge in [0, 0.05) is 19.4 Å². The second-order valence-electron chi connectivity index (χ2n) is 6.03. The first kappa shape index (κ1) is 16.9. The molecule has 2 N–H and O–H groups in total. The molecule has 0 radical (unpaired) electrons. The molecule has 3 heterocycles. The molecule has 0 atom stereocenters. The Hall–Kier alpha value is -2.58. The molecule has 0 aliphatic carbocycles. The monoisotopic (exact) mass is 372 g/mol. The number of carbonyl (C=O) groups excluding carboxylic acids is 1. The SMILES string of the molecule is O=C(CCc1nc(-c2cccs2)no1)Nc1ccc2c(c1F)CCNC2. The molecule has 1 aliphatic rings.